The topological polar surface area (TPSA) is 87.3 Å². The Morgan fingerprint density at radius 3 is 2.38 bits per heavy atom. The number of anilines is 2. The molecule has 0 aliphatic carbocycles. The number of carbonyl (C=O) groups excluding carboxylic acids is 1. The standard InChI is InChI=1S/C18H22ClN3O3S/c1-4-26(24,25)22-17-10-9-16(11-12(17)2)21-18(23)20-13(3)14-5-7-15(19)8-6-14/h5-11,13,22H,4H2,1-3H3,(H2,20,21,23). The van der Waals surface area contributed by atoms with Gasteiger partial charge in [0.05, 0.1) is 17.5 Å². The summed E-state index contributed by atoms with van der Waals surface area (Å²) in [6.07, 6.45) is 0. The summed E-state index contributed by atoms with van der Waals surface area (Å²) in [6.45, 7) is 5.21. The van der Waals surface area contributed by atoms with Gasteiger partial charge in [-0.2, -0.15) is 0 Å². The molecule has 1 atom stereocenters. The van der Waals surface area contributed by atoms with Gasteiger partial charge in [0, 0.05) is 10.7 Å². The van der Waals surface area contributed by atoms with Crippen LogP contribution in [-0.2, 0) is 10.0 Å². The van der Waals surface area contributed by atoms with E-state index in [1.165, 1.54) is 0 Å². The van der Waals surface area contributed by atoms with Crippen molar-refractivity contribution >= 4 is 39.0 Å². The van der Waals surface area contributed by atoms with Crippen LogP contribution >= 0.6 is 11.6 Å². The zero-order valence-corrected chi connectivity index (χ0v) is 16.4. The fourth-order valence-corrected chi connectivity index (χ4v) is 3.13. The van der Waals surface area contributed by atoms with E-state index in [9.17, 15) is 13.2 Å². The molecule has 0 aliphatic heterocycles. The molecule has 0 aromatic heterocycles. The van der Waals surface area contributed by atoms with Crippen molar-refractivity contribution in [2.75, 3.05) is 15.8 Å². The minimum atomic E-state index is -3.34. The maximum Gasteiger partial charge on any atom is 0.319 e. The number of nitrogens with one attached hydrogen (secondary N) is 3. The average molecular weight is 396 g/mol. The van der Waals surface area contributed by atoms with Crippen LogP contribution in [0.25, 0.3) is 0 Å². The van der Waals surface area contributed by atoms with Gasteiger partial charge in [-0.3, -0.25) is 4.72 Å². The number of carbonyl (C=O) groups is 1. The van der Waals surface area contributed by atoms with Gasteiger partial charge in [0.1, 0.15) is 0 Å². The molecule has 8 heteroatoms. The molecular weight excluding hydrogens is 374 g/mol. The average Bonchev–Trinajstić information content (AvgIpc) is 2.57. The number of benzene rings is 2. The molecular formula is C18H22ClN3O3S. The van der Waals surface area contributed by atoms with Crippen LogP contribution in [0.5, 0.6) is 0 Å². The SMILES string of the molecule is CCS(=O)(=O)Nc1ccc(NC(=O)NC(C)c2ccc(Cl)cc2)cc1C. The molecule has 0 aliphatic rings. The molecule has 26 heavy (non-hydrogen) atoms. The minimum Gasteiger partial charge on any atom is -0.331 e. The third-order valence-electron chi connectivity index (χ3n) is 3.85. The van der Waals surface area contributed by atoms with Crippen LogP contribution in [0.3, 0.4) is 0 Å². The molecule has 0 fully saturated rings. The first-order valence-electron chi connectivity index (χ1n) is 8.14. The van der Waals surface area contributed by atoms with Crippen LogP contribution in [-0.4, -0.2) is 20.2 Å². The molecule has 3 N–H and O–H groups in total. The molecule has 0 saturated heterocycles. The highest BCUT2D eigenvalue weighted by atomic mass is 35.5. The summed E-state index contributed by atoms with van der Waals surface area (Å²) in [7, 11) is -3.34. The van der Waals surface area contributed by atoms with Gasteiger partial charge in [-0.25, -0.2) is 13.2 Å². The molecule has 2 rings (SSSR count). The Bertz CT molecular complexity index is 883. The number of amides is 2. The number of sulfonamides is 1. The molecule has 1 unspecified atom stereocenters. The quantitative estimate of drug-likeness (QED) is 0.681. The lowest BCUT2D eigenvalue weighted by molar-refractivity contribution is 0.249. The first kappa shape index (κ1) is 20.1. The van der Waals surface area contributed by atoms with Crippen LogP contribution < -0.4 is 15.4 Å². The van der Waals surface area contributed by atoms with E-state index in [-0.39, 0.29) is 17.8 Å². The summed E-state index contributed by atoms with van der Waals surface area (Å²) in [4.78, 5) is 12.2. The van der Waals surface area contributed by atoms with Crippen LogP contribution in [0, 0.1) is 6.92 Å². The van der Waals surface area contributed by atoms with Gasteiger partial charge in [-0.05, 0) is 62.2 Å². The second kappa shape index (κ2) is 8.42. The number of hydrogen-bond donors (Lipinski definition) is 3. The summed E-state index contributed by atoms with van der Waals surface area (Å²) < 4.78 is 25.8. The largest absolute Gasteiger partial charge is 0.331 e. The summed E-state index contributed by atoms with van der Waals surface area (Å²) in [5.41, 5.74) is 2.71. The second-order valence-electron chi connectivity index (χ2n) is 5.91. The molecule has 0 radical (unpaired) electrons. The first-order valence-corrected chi connectivity index (χ1v) is 10.2. The number of aryl methyl sites for hydroxylation is 1. The van der Waals surface area contributed by atoms with Crippen molar-refractivity contribution in [3.8, 4) is 0 Å². The lowest BCUT2D eigenvalue weighted by Crippen LogP contribution is -2.31. The Morgan fingerprint density at radius 2 is 1.81 bits per heavy atom. The van der Waals surface area contributed by atoms with Crippen molar-refractivity contribution < 1.29 is 13.2 Å². The predicted molar refractivity (Wildman–Crippen MR) is 106 cm³/mol. The second-order valence-corrected chi connectivity index (χ2v) is 8.35. The summed E-state index contributed by atoms with van der Waals surface area (Å²) in [5.74, 6) is -0.00255. The van der Waals surface area contributed by atoms with Crippen molar-refractivity contribution in [2.45, 2.75) is 26.8 Å². The van der Waals surface area contributed by atoms with Crippen LogP contribution in [0.15, 0.2) is 42.5 Å². The lowest BCUT2D eigenvalue weighted by Gasteiger charge is -2.16. The molecule has 0 bridgehead atoms. The monoisotopic (exact) mass is 395 g/mol. The maximum absolute atomic E-state index is 12.2. The first-order chi connectivity index (χ1) is 12.2. The van der Waals surface area contributed by atoms with E-state index in [2.05, 4.69) is 15.4 Å². The zero-order valence-electron chi connectivity index (χ0n) is 14.8. The van der Waals surface area contributed by atoms with E-state index in [1.54, 1.807) is 44.2 Å². The number of urea groups is 1. The van der Waals surface area contributed by atoms with Crippen molar-refractivity contribution in [1.82, 2.24) is 5.32 Å². The van der Waals surface area contributed by atoms with Gasteiger partial charge in [0.2, 0.25) is 10.0 Å². The number of hydrogen-bond acceptors (Lipinski definition) is 3. The molecule has 2 aromatic carbocycles. The molecule has 0 heterocycles. The van der Waals surface area contributed by atoms with Gasteiger partial charge in [0.25, 0.3) is 0 Å². The third-order valence-corrected chi connectivity index (χ3v) is 5.39. The van der Waals surface area contributed by atoms with Gasteiger partial charge >= 0.3 is 6.03 Å². The van der Waals surface area contributed by atoms with E-state index < -0.39 is 10.0 Å². The Morgan fingerprint density at radius 1 is 1.15 bits per heavy atom. The highest BCUT2D eigenvalue weighted by Crippen LogP contribution is 2.21. The highest BCUT2D eigenvalue weighted by Gasteiger charge is 2.12. The minimum absolute atomic E-state index is 0.00255. The van der Waals surface area contributed by atoms with Crippen LogP contribution in [0.4, 0.5) is 16.2 Å². The molecule has 6 nitrogen and oxygen atoms in total. The van der Waals surface area contributed by atoms with E-state index >= 15 is 0 Å². The van der Waals surface area contributed by atoms with E-state index in [1.807, 2.05) is 19.1 Å². The van der Waals surface area contributed by atoms with Gasteiger partial charge in [-0.15, -0.1) is 0 Å². The third kappa shape index (κ3) is 5.64. The lowest BCUT2D eigenvalue weighted by atomic mass is 10.1. The normalized spacial score (nSPS) is 12.3. The van der Waals surface area contributed by atoms with E-state index in [4.69, 9.17) is 11.6 Å². The Labute approximate surface area is 159 Å². The predicted octanol–water partition coefficient (Wildman–Crippen LogP) is 4.29. The fourth-order valence-electron chi connectivity index (χ4n) is 2.29. The van der Waals surface area contributed by atoms with Gasteiger partial charge in [0.15, 0.2) is 0 Å². The van der Waals surface area contributed by atoms with E-state index in [0.717, 1.165) is 5.56 Å². The Balaban J connectivity index is 2.00. The molecule has 2 amide bonds. The number of rotatable bonds is 6. The van der Waals surface area contributed by atoms with Crippen molar-refractivity contribution in [1.29, 1.82) is 0 Å². The summed E-state index contributed by atoms with van der Waals surface area (Å²) in [6, 6.07) is 11.7. The highest BCUT2D eigenvalue weighted by molar-refractivity contribution is 7.92. The molecule has 140 valence electrons. The van der Waals surface area contributed by atoms with Gasteiger partial charge < -0.3 is 10.6 Å². The molecule has 0 saturated carbocycles. The van der Waals surface area contributed by atoms with Crippen LogP contribution in [0.1, 0.15) is 31.0 Å². The number of halogens is 1. The van der Waals surface area contributed by atoms with Crippen molar-refractivity contribution in [3.63, 3.8) is 0 Å². The summed E-state index contributed by atoms with van der Waals surface area (Å²) in [5, 5.41) is 6.23. The fraction of sp³-hybridized carbons (Fsp3) is 0.278. The van der Waals surface area contributed by atoms with Crippen LogP contribution in [0.2, 0.25) is 5.02 Å². The Kier molecular flexibility index (Phi) is 6.50. The van der Waals surface area contributed by atoms with Gasteiger partial charge in [-0.1, -0.05) is 23.7 Å². The maximum atomic E-state index is 12.2. The van der Waals surface area contributed by atoms with E-state index in [0.29, 0.717) is 22.0 Å². The summed E-state index contributed by atoms with van der Waals surface area (Å²) >= 11 is 5.86. The zero-order chi connectivity index (χ0) is 19.3. The Hall–Kier alpha value is -2.25. The molecule has 2 aromatic rings. The van der Waals surface area contributed by atoms with Crippen molar-refractivity contribution in [3.05, 3.63) is 58.6 Å². The smallest absolute Gasteiger partial charge is 0.319 e. The van der Waals surface area contributed by atoms with Crippen molar-refractivity contribution in [2.24, 2.45) is 0 Å². The molecule has 0 spiro atoms.